The number of nitrogen functional groups attached to an aromatic ring is 1. The van der Waals surface area contributed by atoms with Crippen LogP contribution in [-0.4, -0.2) is 96.6 Å². The molecule has 4 aliphatic rings. The third-order valence-corrected chi connectivity index (χ3v) is 14.5. The molecule has 3 aliphatic heterocycles. The summed E-state index contributed by atoms with van der Waals surface area (Å²) >= 11 is 6.39. The van der Waals surface area contributed by atoms with Crippen molar-refractivity contribution in [1.29, 1.82) is 0 Å². The van der Waals surface area contributed by atoms with E-state index in [9.17, 15) is 32.3 Å². The molecule has 3 aromatic carbocycles. The first-order valence-corrected chi connectivity index (χ1v) is 24.1. The zero-order valence-electron chi connectivity index (χ0n) is 38.8. The summed E-state index contributed by atoms with van der Waals surface area (Å²) in [6.07, 6.45) is 3.29. The van der Waals surface area contributed by atoms with E-state index in [1.54, 1.807) is 39.2 Å². The second kappa shape index (κ2) is 20.9. The number of amides is 5. The standard InChI is InChI=1S/C50H60ClF3N8O6/c1-29(36-22-37(50(52,53)54)25-38(55)23-36)56-46-40-26-39(44(67-3)27-42(40)57-30(2)58-46)33-4-6-34(7-5-33)47(64)60-16-10-31(11-17-60)15-21-68-28-32-12-18-61(19-13-32)48(65)35-8-9-41(51)43(24-35)62-20-14-45(63)59-49(62)66/h8-9,22-27,29,31-34H,4-7,10-21,28,55H2,1-3H3,(H,56,57,58)(H,59,63,66)/t29-,33?,34?/m1/s1. The fourth-order valence-corrected chi connectivity index (χ4v) is 10.5. The van der Waals surface area contributed by atoms with Crippen molar-refractivity contribution in [2.24, 2.45) is 17.8 Å². The number of halogens is 4. The number of nitrogens with one attached hydrogen (secondary N) is 2. The number of aryl methyl sites for hydroxylation is 1. The highest BCUT2D eigenvalue weighted by molar-refractivity contribution is 6.34. The number of hydrogen-bond donors (Lipinski definition) is 3. The maximum atomic E-state index is 13.8. The third kappa shape index (κ3) is 11.3. The molecule has 0 spiro atoms. The van der Waals surface area contributed by atoms with Crippen LogP contribution in [0.1, 0.15) is 116 Å². The molecule has 8 rings (SSSR count). The Bertz CT molecular complexity index is 2520. The van der Waals surface area contributed by atoms with Gasteiger partial charge in [-0.2, -0.15) is 13.2 Å². The molecule has 4 N–H and O–H groups in total. The number of carbonyl (C=O) groups excluding carboxylic acids is 4. The van der Waals surface area contributed by atoms with E-state index >= 15 is 0 Å². The molecule has 18 heteroatoms. The Balaban J connectivity index is 0.770. The van der Waals surface area contributed by atoms with E-state index < -0.39 is 23.8 Å². The topological polar surface area (TPSA) is 172 Å². The van der Waals surface area contributed by atoms with Gasteiger partial charge in [0.25, 0.3) is 5.91 Å². The van der Waals surface area contributed by atoms with E-state index in [0.29, 0.717) is 82.9 Å². The average Bonchev–Trinajstić information content (AvgIpc) is 3.32. The second-order valence-electron chi connectivity index (χ2n) is 18.8. The first kappa shape index (κ1) is 48.8. The van der Waals surface area contributed by atoms with Gasteiger partial charge in [-0.25, -0.2) is 14.8 Å². The van der Waals surface area contributed by atoms with Crippen molar-refractivity contribution in [3.8, 4) is 5.75 Å². The smallest absolute Gasteiger partial charge is 0.416 e. The summed E-state index contributed by atoms with van der Waals surface area (Å²) in [4.78, 5) is 65.9. The van der Waals surface area contributed by atoms with Crippen LogP contribution in [0.5, 0.6) is 5.75 Å². The molecule has 364 valence electrons. The zero-order chi connectivity index (χ0) is 48.3. The number of hydrogen-bond acceptors (Lipinski definition) is 10. The van der Waals surface area contributed by atoms with Crippen LogP contribution < -0.4 is 26.0 Å². The molecule has 4 fully saturated rings. The molecule has 0 bridgehead atoms. The van der Waals surface area contributed by atoms with Crippen molar-refractivity contribution < 1.29 is 41.8 Å². The van der Waals surface area contributed by atoms with Gasteiger partial charge in [0.1, 0.15) is 17.4 Å². The van der Waals surface area contributed by atoms with Gasteiger partial charge < -0.3 is 30.3 Å². The minimum absolute atomic E-state index is 0.0281. The van der Waals surface area contributed by atoms with Crippen LogP contribution in [-0.2, 0) is 20.5 Å². The number of nitrogens with zero attached hydrogens (tertiary/aromatic N) is 5. The Morgan fingerprint density at radius 3 is 2.31 bits per heavy atom. The molecule has 3 saturated heterocycles. The predicted molar refractivity (Wildman–Crippen MR) is 254 cm³/mol. The molecule has 1 atom stereocenters. The maximum absolute atomic E-state index is 13.8. The summed E-state index contributed by atoms with van der Waals surface area (Å²) < 4.78 is 52.9. The lowest BCUT2D eigenvalue weighted by Crippen LogP contribution is -2.49. The Labute approximate surface area is 399 Å². The average molecular weight is 962 g/mol. The molecule has 0 unspecified atom stereocenters. The number of anilines is 3. The van der Waals surface area contributed by atoms with Gasteiger partial charge in [0.15, 0.2) is 0 Å². The highest BCUT2D eigenvalue weighted by atomic mass is 35.5. The van der Waals surface area contributed by atoms with Gasteiger partial charge in [-0.1, -0.05) is 11.6 Å². The molecular formula is C50H60ClF3N8O6. The highest BCUT2D eigenvalue weighted by Gasteiger charge is 2.35. The van der Waals surface area contributed by atoms with Crippen molar-refractivity contribution in [3.05, 3.63) is 81.6 Å². The van der Waals surface area contributed by atoms with E-state index in [1.165, 1.54) is 11.0 Å². The van der Waals surface area contributed by atoms with E-state index in [2.05, 4.69) is 20.6 Å². The summed E-state index contributed by atoms with van der Waals surface area (Å²) in [6, 6.07) is 11.3. The lowest BCUT2D eigenvalue weighted by atomic mass is 9.77. The Morgan fingerprint density at radius 1 is 0.912 bits per heavy atom. The van der Waals surface area contributed by atoms with E-state index in [4.69, 9.17) is 26.8 Å². The van der Waals surface area contributed by atoms with Crippen LogP contribution in [0.15, 0.2) is 48.5 Å². The number of aromatic nitrogens is 2. The molecule has 4 aromatic rings. The van der Waals surface area contributed by atoms with Crippen molar-refractivity contribution in [1.82, 2.24) is 25.1 Å². The first-order chi connectivity index (χ1) is 32.5. The van der Waals surface area contributed by atoms with Gasteiger partial charge in [-0.15, -0.1) is 0 Å². The van der Waals surface area contributed by atoms with Crippen molar-refractivity contribution in [3.63, 3.8) is 0 Å². The molecule has 68 heavy (non-hydrogen) atoms. The fourth-order valence-electron chi connectivity index (χ4n) is 10.3. The predicted octanol–water partition coefficient (Wildman–Crippen LogP) is 9.29. The van der Waals surface area contributed by atoms with Crippen LogP contribution in [0.4, 0.5) is 35.2 Å². The SMILES string of the molecule is COc1cc2nc(C)nc(N[C@H](C)c3cc(N)cc(C(F)(F)F)c3)c2cc1C1CCC(C(=O)N2CCC(CCOCC3CCN(C(=O)c4ccc(Cl)c(N5CCC(=O)NC5=O)c4)CC3)CC2)CC1. The summed E-state index contributed by atoms with van der Waals surface area (Å²) in [7, 11) is 1.63. The Kier molecular flexibility index (Phi) is 15.0. The van der Waals surface area contributed by atoms with E-state index in [0.717, 1.165) is 94.0 Å². The molecule has 5 amide bonds. The summed E-state index contributed by atoms with van der Waals surface area (Å²) in [5, 5.41) is 6.69. The second-order valence-corrected chi connectivity index (χ2v) is 19.2. The van der Waals surface area contributed by atoms with Crippen molar-refractivity contribution >= 4 is 63.4 Å². The number of methoxy groups -OCH3 is 1. The highest BCUT2D eigenvalue weighted by Crippen LogP contribution is 2.43. The van der Waals surface area contributed by atoms with Crippen LogP contribution in [0, 0.1) is 24.7 Å². The van der Waals surface area contributed by atoms with E-state index in [1.807, 2.05) is 21.9 Å². The van der Waals surface area contributed by atoms with Gasteiger partial charge in [0.2, 0.25) is 11.8 Å². The Morgan fingerprint density at radius 2 is 1.62 bits per heavy atom. The Hall–Kier alpha value is -5.68. The molecule has 14 nitrogen and oxygen atoms in total. The molecule has 1 aromatic heterocycles. The summed E-state index contributed by atoms with van der Waals surface area (Å²) in [5.74, 6) is 2.44. The van der Waals surface area contributed by atoms with Crippen molar-refractivity contribution in [2.45, 2.75) is 96.2 Å². The number of ether oxygens (including phenoxy) is 2. The van der Waals surface area contributed by atoms with Crippen molar-refractivity contribution in [2.75, 3.05) is 69.0 Å². The first-order valence-electron chi connectivity index (χ1n) is 23.7. The number of carbonyl (C=O) groups is 4. The largest absolute Gasteiger partial charge is 0.496 e. The van der Waals surface area contributed by atoms with Gasteiger partial charge in [0, 0.05) is 81.0 Å². The molecule has 0 radical (unpaired) electrons. The number of piperidine rings is 2. The van der Waals surface area contributed by atoms with E-state index in [-0.39, 0.29) is 48.2 Å². The molecule has 1 aliphatic carbocycles. The summed E-state index contributed by atoms with van der Waals surface area (Å²) in [5.41, 5.74) is 7.98. The van der Waals surface area contributed by atoms with Gasteiger partial charge in [-0.3, -0.25) is 24.6 Å². The number of rotatable bonds is 13. The summed E-state index contributed by atoms with van der Waals surface area (Å²) in [6.45, 7) is 7.75. The number of urea groups is 1. The number of imide groups is 1. The lowest BCUT2D eigenvalue weighted by molar-refractivity contribution is -0.138. The normalized spacial score (nSPS) is 20.4. The van der Waals surface area contributed by atoms with Crippen LogP contribution in [0.2, 0.25) is 5.02 Å². The van der Waals surface area contributed by atoms with Gasteiger partial charge in [0.05, 0.1) is 34.9 Å². The number of benzene rings is 3. The molecular weight excluding hydrogens is 901 g/mol. The van der Waals surface area contributed by atoms with Crippen LogP contribution in [0.25, 0.3) is 10.9 Å². The fraction of sp³-hybridized carbons (Fsp3) is 0.520. The molecule has 4 heterocycles. The zero-order valence-corrected chi connectivity index (χ0v) is 39.6. The number of alkyl halides is 3. The number of nitrogens with two attached hydrogens (primary N) is 1. The van der Waals surface area contributed by atoms with Crippen LogP contribution >= 0.6 is 11.6 Å². The van der Waals surface area contributed by atoms with Gasteiger partial charge >= 0.3 is 12.2 Å². The number of fused-ring (bicyclic) bond motifs is 1. The third-order valence-electron chi connectivity index (χ3n) is 14.2. The molecule has 1 saturated carbocycles. The van der Waals surface area contributed by atoms with Crippen LogP contribution in [0.3, 0.4) is 0 Å². The van der Waals surface area contributed by atoms with Gasteiger partial charge in [-0.05, 0) is 143 Å². The quantitative estimate of drug-likeness (QED) is 0.0867. The lowest BCUT2D eigenvalue weighted by Gasteiger charge is -2.36. The monoisotopic (exact) mass is 960 g/mol. The minimum atomic E-state index is -4.53. The minimum Gasteiger partial charge on any atom is -0.496 e. The number of likely N-dealkylation sites (tertiary alicyclic amines) is 2. The maximum Gasteiger partial charge on any atom is 0.416 e.